The Hall–Kier alpha value is -1.66. The average molecular weight is 364 g/mol. The van der Waals surface area contributed by atoms with E-state index in [9.17, 15) is 9.59 Å². The largest absolute Gasteiger partial charge is 0.310 e. The van der Waals surface area contributed by atoms with Gasteiger partial charge in [-0.15, -0.1) is 11.8 Å². The molecule has 2 heterocycles. The van der Waals surface area contributed by atoms with Crippen molar-refractivity contribution in [2.24, 2.45) is 0 Å². The van der Waals surface area contributed by atoms with Crippen molar-refractivity contribution in [2.75, 3.05) is 11.1 Å². The van der Waals surface area contributed by atoms with Crippen LogP contribution in [0.3, 0.4) is 0 Å². The van der Waals surface area contributed by atoms with Crippen molar-refractivity contribution < 1.29 is 4.79 Å². The number of amides is 1. The van der Waals surface area contributed by atoms with E-state index in [0.29, 0.717) is 22.2 Å². The van der Waals surface area contributed by atoms with Crippen molar-refractivity contribution >= 4 is 35.1 Å². The van der Waals surface area contributed by atoms with Crippen LogP contribution in [-0.2, 0) is 4.79 Å². The summed E-state index contributed by atoms with van der Waals surface area (Å²) >= 11 is 7.46. The fourth-order valence-corrected chi connectivity index (χ4v) is 4.83. The standard InChI is InChI=1S/C17H18ClN3O2S/c18-11-7-5-10(6-8-11)15-14-16(19-13(22)9-24-15)21(20-17(14)23)12-3-1-2-4-12/h5-8,12,15H,1-4,9H2,(H,19,22)(H,20,23)/t15-/m1/s1. The zero-order valence-corrected chi connectivity index (χ0v) is 14.6. The van der Waals surface area contributed by atoms with Crippen molar-refractivity contribution in [3.05, 3.63) is 50.8 Å². The average Bonchev–Trinajstić information content (AvgIpc) is 3.15. The molecule has 1 atom stereocenters. The summed E-state index contributed by atoms with van der Waals surface area (Å²) in [6.45, 7) is 0. The molecule has 2 aliphatic rings. The second-order valence-electron chi connectivity index (χ2n) is 6.30. The van der Waals surface area contributed by atoms with Crippen molar-refractivity contribution in [3.8, 4) is 0 Å². The quantitative estimate of drug-likeness (QED) is 0.854. The summed E-state index contributed by atoms with van der Waals surface area (Å²) in [6.07, 6.45) is 4.38. The highest BCUT2D eigenvalue weighted by atomic mass is 35.5. The summed E-state index contributed by atoms with van der Waals surface area (Å²) in [7, 11) is 0. The Morgan fingerprint density at radius 3 is 2.54 bits per heavy atom. The van der Waals surface area contributed by atoms with E-state index in [1.54, 1.807) is 0 Å². The van der Waals surface area contributed by atoms with Crippen molar-refractivity contribution in [1.82, 2.24) is 9.78 Å². The number of carbonyl (C=O) groups is 1. The number of aromatic amines is 1. The molecule has 4 rings (SSSR count). The molecule has 0 spiro atoms. The number of hydrogen-bond donors (Lipinski definition) is 2. The van der Waals surface area contributed by atoms with Gasteiger partial charge in [-0.1, -0.05) is 36.6 Å². The van der Waals surface area contributed by atoms with Gasteiger partial charge < -0.3 is 5.32 Å². The first kappa shape index (κ1) is 15.8. The van der Waals surface area contributed by atoms with E-state index in [1.165, 1.54) is 11.8 Å². The number of anilines is 1. The van der Waals surface area contributed by atoms with Crippen LogP contribution in [0.5, 0.6) is 0 Å². The highest BCUT2D eigenvalue weighted by Gasteiger charge is 2.32. The van der Waals surface area contributed by atoms with Gasteiger partial charge in [-0.3, -0.25) is 19.4 Å². The molecule has 2 aromatic rings. The Balaban J connectivity index is 1.83. The molecule has 7 heteroatoms. The fourth-order valence-electron chi connectivity index (χ4n) is 3.58. The number of aromatic nitrogens is 2. The van der Waals surface area contributed by atoms with Crippen LogP contribution in [-0.4, -0.2) is 21.4 Å². The molecule has 1 saturated carbocycles. The molecule has 0 radical (unpaired) electrons. The van der Waals surface area contributed by atoms with Crippen molar-refractivity contribution in [1.29, 1.82) is 0 Å². The molecule has 1 aromatic carbocycles. The van der Waals surface area contributed by atoms with E-state index in [-0.39, 0.29) is 22.8 Å². The lowest BCUT2D eigenvalue weighted by Gasteiger charge is -2.16. The minimum absolute atomic E-state index is 0.0662. The maximum atomic E-state index is 12.7. The van der Waals surface area contributed by atoms with Crippen LogP contribution in [0.15, 0.2) is 29.1 Å². The molecule has 0 bridgehead atoms. The van der Waals surface area contributed by atoms with Crippen LogP contribution >= 0.6 is 23.4 Å². The maximum Gasteiger partial charge on any atom is 0.270 e. The van der Waals surface area contributed by atoms with Crippen LogP contribution in [0.4, 0.5) is 5.82 Å². The van der Waals surface area contributed by atoms with E-state index in [0.717, 1.165) is 31.2 Å². The Bertz CT molecular complexity index is 821. The van der Waals surface area contributed by atoms with Crippen molar-refractivity contribution in [3.63, 3.8) is 0 Å². The van der Waals surface area contributed by atoms with E-state index in [2.05, 4.69) is 10.4 Å². The van der Waals surface area contributed by atoms with Gasteiger partial charge in [0, 0.05) is 5.02 Å². The maximum absolute atomic E-state index is 12.7. The SMILES string of the molecule is O=C1CS[C@H](c2ccc(Cl)cc2)c2c(n(C3CCCC3)[nH]c2=O)N1. The number of nitrogens with zero attached hydrogens (tertiary/aromatic N) is 1. The second-order valence-corrected chi connectivity index (χ2v) is 7.83. The molecular weight excluding hydrogens is 346 g/mol. The summed E-state index contributed by atoms with van der Waals surface area (Å²) in [4.78, 5) is 24.9. The molecule has 0 saturated heterocycles. The van der Waals surface area contributed by atoms with E-state index < -0.39 is 0 Å². The van der Waals surface area contributed by atoms with Crippen LogP contribution in [0, 0.1) is 0 Å². The first-order chi connectivity index (χ1) is 11.6. The van der Waals surface area contributed by atoms with Gasteiger partial charge in [0.05, 0.1) is 22.6 Å². The van der Waals surface area contributed by atoms with Crippen molar-refractivity contribution in [2.45, 2.75) is 37.0 Å². The summed E-state index contributed by atoms with van der Waals surface area (Å²) < 4.78 is 1.89. The number of fused-ring (bicyclic) bond motifs is 1. The third-order valence-electron chi connectivity index (χ3n) is 4.73. The Labute approximate surface area is 148 Å². The van der Waals surface area contributed by atoms with Crippen LogP contribution in [0.1, 0.15) is 48.1 Å². The third-order valence-corrected chi connectivity index (χ3v) is 6.25. The highest BCUT2D eigenvalue weighted by Crippen LogP contribution is 2.42. The van der Waals surface area contributed by atoms with Gasteiger partial charge in [0.15, 0.2) is 0 Å². The van der Waals surface area contributed by atoms with Crippen LogP contribution in [0.2, 0.25) is 5.02 Å². The lowest BCUT2D eigenvalue weighted by atomic mass is 10.1. The van der Waals surface area contributed by atoms with Gasteiger partial charge in [-0.05, 0) is 30.5 Å². The minimum atomic E-state index is -0.178. The molecule has 5 nitrogen and oxygen atoms in total. The summed E-state index contributed by atoms with van der Waals surface area (Å²) in [5.41, 5.74) is 1.50. The Morgan fingerprint density at radius 1 is 1.12 bits per heavy atom. The smallest absolute Gasteiger partial charge is 0.270 e. The summed E-state index contributed by atoms with van der Waals surface area (Å²) in [5, 5.41) is 6.39. The molecule has 1 fully saturated rings. The van der Waals surface area contributed by atoms with Crippen LogP contribution < -0.4 is 10.9 Å². The first-order valence-corrected chi connectivity index (χ1v) is 9.57. The van der Waals surface area contributed by atoms with Crippen LogP contribution in [0.25, 0.3) is 0 Å². The summed E-state index contributed by atoms with van der Waals surface area (Å²) in [5.74, 6) is 0.900. The van der Waals surface area contributed by atoms with E-state index in [4.69, 9.17) is 11.6 Å². The number of hydrogen-bond acceptors (Lipinski definition) is 3. The highest BCUT2D eigenvalue weighted by molar-refractivity contribution is 8.00. The number of rotatable bonds is 2. The van der Waals surface area contributed by atoms with Gasteiger partial charge in [-0.2, -0.15) is 0 Å². The van der Waals surface area contributed by atoms with Gasteiger partial charge in [-0.25, -0.2) is 0 Å². The fraction of sp³-hybridized carbons (Fsp3) is 0.412. The van der Waals surface area contributed by atoms with Gasteiger partial charge in [0.1, 0.15) is 5.82 Å². The number of H-pyrrole nitrogens is 1. The molecule has 1 amide bonds. The lowest BCUT2D eigenvalue weighted by Crippen LogP contribution is -2.18. The molecule has 2 N–H and O–H groups in total. The number of thioether (sulfide) groups is 1. The predicted molar refractivity (Wildman–Crippen MR) is 96.9 cm³/mol. The number of nitrogens with one attached hydrogen (secondary N) is 2. The molecule has 1 aromatic heterocycles. The third kappa shape index (κ3) is 2.78. The topological polar surface area (TPSA) is 66.9 Å². The minimum Gasteiger partial charge on any atom is -0.310 e. The van der Waals surface area contributed by atoms with Gasteiger partial charge in [0.25, 0.3) is 5.56 Å². The normalized spacial score (nSPS) is 21.4. The zero-order chi connectivity index (χ0) is 16.7. The van der Waals surface area contributed by atoms with E-state index >= 15 is 0 Å². The molecule has 1 aliphatic heterocycles. The molecule has 0 unspecified atom stereocenters. The number of carbonyl (C=O) groups excluding carboxylic acids is 1. The molecule has 126 valence electrons. The van der Waals surface area contributed by atoms with Gasteiger partial charge >= 0.3 is 0 Å². The van der Waals surface area contributed by atoms with Gasteiger partial charge in [0.2, 0.25) is 5.91 Å². The lowest BCUT2D eigenvalue weighted by molar-refractivity contribution is -0.113. The number of benzene rings is 1. The number of halogens is 1. The molecule has 1 aliphatic carbocycles. The summed E-state index contributed by atoms with van der Waals surface area (Å²) in [6, 6.07) is 7.74. The molecule has 24 heavy (non-hydrogen) atoms. The monoisotopic (exact) mass is 363 g/mol. The predicted octanol–water partition coefficient (Wildman–Crippen LogP) is 3.72. The first-order valence-electron chi connectivity index (χ1n) is 8.15. The molecular formula is C17H18ClN3O2S. The second kappa shape index (κ2) is 6.33. The Kier molecular flexibility index (Phi) is 4.18. The Morgan fingerprint density at radius 2 is 1.83 bits per heavy atom. The van der Waals surface area contributed by atoms with E-state index in [1.807, 2.05) is 28.9 Å². The zero-order valence-electron chi connectivity index (χ0n) is 13.0.